The third-order valence-corrected chi connectivity index (χ3v) is 3.90. The van der Waals surface area contributed by atoms with Crippen molar-refractivity contribution in [3.8, 4) is 0 Å². The molecule has 136 valence electrons. The van der Waals surface area contributed by atoms with Crippen LogP contribution >= 0.6 is 0 Å². The monoisotopic (exact) mass is 355 g/mol. The molecule has 26 heavy (non-hydrogen) atoms. The molecule has 7 heteroatoms. The molecule has 0 radical (unpaired) electrons. The Morgan fingerprint density at radius 3 is 2.38 bits per heavy atom. The van der Waals surface area contributed by atoms with E-state index in [0.717, 1.165) is 5.56 Å². The Hall–Kier alpha value is -3.22. The molecular weight excluding hydrogens is 334 g/mol. The van der Waals surface area contributed by atoms with E-state index in [1.54, 1.807) is 6.92 Å². The van der Waals surface area contributed by atoms with Crippen LogP contribution in [-0.2, 0) is 4.79 Å². The summed E-state index contributed by atoms with van der Waals surface area (Å²) in [4.78, 5) is 34.9. The van der Waals surface area contributed by atoms with E-state index in [0.29, 0.717) is 5.69 Å². The van der Waals surface area contributed by atoms with Gasteiger partial charge in [0.2, 0.25) is 5.91 Å². The Balaban J connectivity index is 2.06. The van der Waals surface area contributed by atoms with Gasteiger partial charge in [-0.25, -0.2) is 0 Å². The van der Waals surface area contributed by atoms with Crippen LogP contribution in [0, 0.1) is 10.1 Å². The molecule has 0 aliphatic carbocycles. The van der Waals surface area contributed by atoms with E-state index in [9.17, 15) is 19.7 Å². The number of para-hydroxylation sites is 1. The normalized spacial score (nSPS) is 11.7. The second-order valence-corrected chi connectivity index (χ2v) is 6.23. The highest BCUT2D eigenvalue weighted by Gasteiger charge is 2.19. The van der Waals surface area contributed by atoms with E-state index in [-0.39, 0.29) is 23.1 Å². The third kappa shape index (κ3) is 4.66. The van der Waals surface area contributed by atoms with E-state index in [1.165, 1.54) is 24.3 Å². The van der Waals surface area contributed by atoms with Crippen molar-refractivity contribution < 1.29 is 14.5 Å². The van der Waals surface area contributed by atoms with Crippen molar-refractivity contribution in [1.29, 1.82) is 0 Å². The number of carbonyl (C=O) groups is 2. The first-order valence-corrected chi connectivity index (χ1v) is 8.24. The van der Waals surface area contributed by atoms with Crippen LogP contribution in [-0.4, -0.2) is 22.8 Å². The lowest BCUT2D eigenvalue weighted by atomic mass is 10.0. The van der Waals surface area contributed by atoms with Crippen molar-refractivity contribution in [2.45, 2.75) is 32.7 Å². The highest BCUT2D eigenvalue weighted by molar-refractivity contribution is 6.01. The number of nitro benzene ring substituents is 1. The van der Waals surface area contributed by atoms with Gasteiger partial charge >= 0.3 is 0 Å². The van der Waals surface area contributed by atoms with Crippen LogP contribution in [0.15, 0.2) is 48.5 Å². The zero-order valence-electron chi connectivity index (χ0n) is 14.9. The minimum atomic E-state index is -0.804. The molecule has 7 nitrogen and oxygen atoms in total. The summed E-state index contributed by atoms with van der Waals surface area (Å²) < 4.78 is 0. The molecule has 0 spiro atoms. The van der Waals surface area contributed by atoms with Crippen LogP contribution in [0.5, 0.6) is 0 Å². The van der Waals surface area contributed by atoms with Crippen molar-refractivity contribution in [2.24, 2.45) is 0 Å². The van der Waals surface area contributed by atoms with E-state index in [4.69, 9.17) is 0 Å². The zero-order valence-corrected chi connectivity index (χ0v) is 14.9. The van der Waals surface area contributed by atoms with E-state index < -0.39 is 16.9 Å². The Morgan fingerprint density at radius 1 is 1.04 bits per heavy atom. The predicted octanol–water partition coefficient (Wildman–Crippen LogP) is 3.48. The summed E-state index contributed by atoms with van der Waals surface area (Å²) >= 11 is 0. The van der Waals surface area contributed by atoms with Gasteiger partial charge in [-0.2, -0.15) is 0 Å². The van der Waals surface area contributed by atoms with E-state index in [1.807, 2.05) is 38.1 Å². The van der Waals surface area contributed by atoms with E-state index in [2.05, 4.69) is 10.6 Å². The zero-order chi connectivity index (χ0) is 19.3. The van der Waals surface area contributed by atoms with Gasteiger partial charge < -0.3 is 10.6 Å². The molecule has 0 aromatic heterocycles. The summed E-state index contributed by atoms with van der Waals surface area (Å²) in [6, 6.07) is 12.0. The summed E-state index contributed by atoms with van der Waals surface area (Å²) in [7, 11) is 0. The summed E-state index contributed by atoms with van der Waals surface area (Å²) in [6.07, 6.45) is 0. The highest BCUT2D eigenvalue weighted by Crippen LogP contribution is 2.23. The quantitative estimate of drug-likeness (QED) is 0.612. The highest BCUT2D eigenvalue weighted by atomic mass is 16.6. The number of anilines is 1. The van der Waals surface area contributed by atoms with Crippen molar-refractivity contribution in [1.82, 2.24) is 5.32 Å². The SMILES string of the molecule is CC(NC(=O)c1cccc([N+](=O)[O-])c1)C(=O)Nc1ccccc1C(C)C. The largest absolute Gasteiger partial charge is 0.341 e. The molecule has 2 aromatic rings. The average Bonchev–Trinajstić information content (AvgIpc) is 2.61. The Labute approximate surface area is 151 Å². The maximum Gasteiger partial charge on any atom is 0.270 e. The lowest BCUT2D eigenvalue weighted by Crippen LogP contribution is -2.41. The van der Waals surface area contributed by atoms with Crippen LogP contribution in [0.4, 0.5) is 11.4 Å². The average molecular weight is 355 g/mol. The fourth-order valence-corrected chi connectivity index (χ4v) is 2.46. The number of carbonyl (C=O) groups excluding carboxylic acids is 2. The fraction of sp³-hybridized carbons (Fsp3) is 0.263. The molecule has 0 fully saturated rings. The topological polar surface area (TPSA) is 101 Å². The Bertz CT molecular complexity index is 833. The van der Waals surface area contributed by atoms with Crippen LogP contribution < -0.4 is 10.6 Å². The minimum Gasteiger partial charge on any atom is -0.341 e. The Kier molecular flexibility index (Phi) is 6.06. The summed E-state index contributed by atoms with van der Waals surface area (Å²) in [6.45, 7) is 5.61. The Morgan fingerprint density at radius 2 is 1.73 bits per heavy atom. The van der Waals surface area contributed by atoms with Crippen LogP contribution in [0.2, 0.25) is 0 Å². The second kappa shape index (κ2) is 8.24. The smallest absolute Gasteiger partial charge is 0.270 e. The van der Waals surface area contributed by atoms with Gasteiger partial charge in [0, 0.05) is 23.4 Å². The first kappa shape index (κ1) is 19.1. The molecule has 0 aliphatic rings. The maximum atomic E-state index is 12.4. The van der Waals surface area contributed by atoms with Crippen molar-refractivity contribution in [2.75, 3.05) is 5.32 Å². The van der Waals surface area contributed by atoms with Gasteiger partial charge in [0.05, 0.1) is 4.92 Å². The van der Waals surface area contributed by atoms with Gasteiger partial charge in [-0.3, -0.25) is 19.7 Å². The third-order valence-electron chi connectivity index (χ3n) is 3.90. The van der Waals surface area contributed by atoms with Crippen molar-refractivity contribution in [3.63, 3.8) is 0 Å². The number of rotatable bonds is 6. The first-order chi connectivity index (χ1) is 12.3. The number of amides is 2. The lowest BCUT2D eigenvalue weighted by Gasteiger charge is -2.17. The molecule has 1 atom stereocenters. The number of nitro groups is 1. The van der Waals surface area contributed by atoms with Gasteiger partial charge in [-0.1, -0.05) is 38.1 Å². The standard InChI is InChI=1S/C19H21N3O4/c1-12(2)16-9-4-5-10-17(16)21-18(23)13(3)20-19(24)14-7-6-8-15(11-14)22(25)26/h4-13H,1-3H3,(H,20,24)(H,21,23). The van der Waals surface area contributed by atoms with Crippen molar-refractivity contribution >= 4 is 23.2 Å². The maximum absolute atomic E-state index is 12.4. The van der Waals surface area contributed by atoms with E-state index >= 15 is 0 Å². The molecule has 0 saturated carbocycles. The number of non-ortho nitro benzene ring substituents is 1. The van der Waals surface area contributed by atoms with Gasteiger partial charge in [0.1, 0.15) is 6.04 Å². The van der Waals surface area contributed by atoms with Crippen molar-refractivity contribution in [3.05, 3.63) is 69.8 Å². The molecule has 2 amide bonds. The predicted molar refractivity (Wildman–Crippen MR) is 99.2 cm³/mol. The van der Waals surface area contributed by atoms with Gasteiger partial charge in [-0.05, 0) is 30.5 Å². The summed E-state index contributed by atoms with van der Waals surface area (Å²) in [5, 5.41) is 16.2. The first-order valence-electron chi connectivity index (χ1n) is 8.24. The van der Waals surface area contributed by atoms with Crippen LogP contribution in [0.25, 0.3) is 0 Å². The molecule has 2 N–H and O–H groups in total. The molecule has 0 bridgehead atoms. The molecule has 0 aliphatic heterocycles. The summed E-state index contributed by atoms with van der Waals surface area (Å²) in [5.41, 5.74) is 1.64. The van der Waals surface area contributed by atoms with Gasteiger partial charge in [0.15, 0.2) is 0 Å². The second-order valence-electron chi connectivity index (χ2n) is 6.23. The van der Waals surface area contributed by atoms with Gasteiger partial charge in [-0.15, -0.1) is 0 Å². The molecule has 1 unspecified atom stereocenters. The van der Waals surface area contributed by atoms with Crippen LogP contribution in [0.1, 0.15) is 42.6 Å². The van der Waals surface area contributed by atoms with Gasteiger partial charge in [0.25, 0.3) is 11.6 Å². The summed E-state index contributed by atoms with van der Waals surface area (Å²) in [5.74, 6) is -0.674. The number of nitrogens with zero attached hydrogens (tertiary/aromatic N) is 1. The molecular formula is C19H21N3O4. The number of benzene rings is 2. The number of nitrogens with one attached hydrogen (secondary N) is 2. The molecule has 0 heterocycles. The molecule has 2 aromatic carbocycles. The number of hydrogen-bond donors (Lipinski definition) is 2. The molecule has 0 saturated heterocycles. The lowest BCUT2D eigenvalue weighted by molar-refractivity contribution is -0.384. The molecule has 2 rings (SSSR count). The fourth-order valence-electron chi connectivity index (χ4n) is 2.46. The minimum absolute atomic E-state index is 0.126. The number of hydrogen-bond acceptors (Lipinski definition) is 4. The van der Waals surface area contributed by atoms with Crippen LogP contribution in [0.3, 0.4) is 0 Å².